The summed E-state index contributed by atoms with van der Waals surface area (Å²) in [6.07, 6.45) is 4.68. The number of pyridine rings is 1. The lowest BCUT2D eigenvalue weighted by Crippen LogP contribution is -2.45. The number of aliphatic hydroxyl groups is 1. The van der Waals surface area contributed by atoms with E-state index in [9.17, 15) is 5.11 Å². The molecule has 8 nitrogen and oxygen atoms in total. The molecule has 1 spiro atoms. The predicted octanol–water partition coefficient (Wildman–Crippen LogP) is 4.20. The molecule has 4 heterocycles. The first-order valence-corrected chi connectivity index (χ1v) is 12.9. The fourth-order valence-corrected chi connectivity index (χ4v) is 6.59. The Morgan fingerprint density at radius 2 is 2.03 bits per heavy atom. The van der Waals surface area contributed by atoms with Crippen LogP contribution in [0.25, 0.3) is 11.2 Å². The summed E-state index contributed by atoms with van der Waals surface area (Å²) < 4.78 is 0. The molecule has 2 aliphatic rings. The van der Waals surface area contributed by atoms with Gasteiger partial charge in [0.2, 0.25) is 0 Å². The maximum atomic E-state index is 10.2. The third-order valence-electron chi connectivity index (χ3n) is 7.45. The second-order valence-corrected chi connectivity index (χ2v) is 10.8. The Kier molecular flexibility index (Phi) is 5.68. The van der Waals surface area contributed by atoms with Crippen LogP contribution in [0.15, 0.2) is 46.5 Å². The van der Waals surface area contributed by atoms with Crippen LogP contribution in [-0.4, -0.2) is 43.3 Å². The van der Waals surface area contributed by atoms with Gasteiger partial charge in [0.05, 0.1) is 17.3 Å². The maximum Gasteiger partial charge on any atom is 0.177 e. The lowest BCUT2D eigenvalue weighted by Gasteiger charge is -2.42. The molecule has 10 heteroatoms. The molecule has 1 fully saturated rings. The second-order valence-electron chi connectivity index (χ2n) is 9.39. The van der Waals surface area contributed by atoms with Gasteiger partial charge in [0, 0.05) is 30.2 Å². The van der Waals surface area contributed by atoms with E-state index in [0.717, 1.165) is 42.9 Å². The Morgan fingerprint density at radius 1 is 1.23 bits per heavy atom. The van der Waals surface area contributed by atoms with Crippen molar-refractivity contribution in [2.75, 3.05) is 18.0 Å². The van der Waals surface area contributed by atoms with Crippen LogP contribution in [0.3, 0.4) is 0 Å². The van der Waals surface area contributed by atoms with Crippen molar-refractivity contribution in [2.24, 2.45) is 11.1 Å². The zero-order valence-corrected chi connectivity index (χ0v) is 20.9. The third-order valence-corrected chi connectivity index (χ3v) is 9.08. The number of piperidine rings is 1. The molecule has 35 heavy (non-hydrogen) atoms. The molecule has 1 aromatic carbocycles. The molecule has 0 amide bonds. The van der Waals surface area contributed by atoms with Gasteiger partial charge in [-0.25, -0.2) is 9.97 Å². The number of H-pyrrole nitrogens is 1. The number of nitrogens with zero attached hydrogens (tertiary/aromatic N) is 5. The number of aryl methyl sites for hydroxylation is 1. The van der Waals surface area contributed by atoms with Gasteiger partial charge in [0.1, 0.15) is 11.2 Å². The van der Waals surface area contributed by atoms with Crippen LogP contribution in [0.4, 0.5) is 5.82 Å². The number of aliphatic hydroxyl groups excluding tert-OH is 1. The van der Waals surface area contributed by atoms with Crippen molar-refractivity contribution in [3.8, 4) is 0 Å². The molecular weight excluding hydrogens is 482 g/mol. The fraction of sp³-hybridized carbons (Fsp3) is 0.360. The Hall–Kier alpha value is -2.72. The van der Waals surface area contributed by atoms with Crippen molar-refractivity contribution in [3.05, 3.63) is 64.1 Å². The predicted molar refractivity (Wildman–Crippen MR) is 137 cm³/mol. The molecule has 4 N–H and O–H groups in total. The summed E-state index contributed by atoms with van der Waals surface area (Å²) in [4.78, 5) is 16.9. The molecule has 0 saturated carbocycles. The van der Waals surface area contributed by atoms with Crippen molar-refractivity contribution >= 4 is 40.3 Å². The van der Waals surface area contributed by atoms with Crippen molar-refractivity contribution in [3.63, 3.8) is 0 Å². The van der Waals surface area contributed by atoms with Crippen molar-refractivity contribution in [1.82, 2.24) is 25.1 Å². The molecule has 1 aliphatic carbocycles. The first-order valence-electron chi connectivity index (χ1n) is 11.7. The molecule has 180 valence electrons. The standard InChI is InChI=1S/C25H26ClN7OS/c1-14-19(26)18(6-9-28-14)35-24-20-22(31-32-24)30-23(17(13-34)29-20)33-10-7-25(8-11-33)12-15-4-2-3-5-16(15)21(25)27/h2-6,9,21,34H,7-8,10-13,27H2,1H3,(H,30,31,32)/t21-/m1/s1. The fourth-order valence-electron chi connectivity index (χ4n) is 5.45. The van der Waals surface area contributed by atoms with E-state index in [1.807, 2.05) is 13.0 Å². The zero-order valence-electron chi connectivity index (χ0n) is 19.3. The highest BCUT2D eigenvalue weighted by Gasteiger charge is 2.46. The minimum atomic E-state index is -0.199. The lowest BCUT2D eigenvalue weighted by atomic mass is 9.73. The number of halogens is 1. The van der Waals surface area contributed by atoms with Crippen molar-refractivity contribution in [1.29, 1.82) is 0 Å². The Morgan fingerprint density at radius 3 is 2.80 bits per heavy atom. The number of hydrogen-bond acceptors (Lipinski definition) is 8. The van der Waals surface area contributed by atoms with Crippen LogP contribution in [0.1, 0.15) is 41.4 Å². The molecule has 1 saturated heterocycles. The molecule has 0 radical (unpaired) electrons. The van der Waals surface area contributed by atoms with E-state index in [4.69, 9.17) is 27.3 Å². The maximum absolute atomic E-state index is 10.2. The van der Waals surface area contributed by atoms with Crippen molar-refractivity contribution in [2.45, 2.75) is 48.8 Å². The summed E-state index contributed by atoms with van der Waals surface area (Å²) in [7, 11) is 0. The van der Waals surface area contributed by atoms with Gasteiger partial charge in [0.25, 0.3) is 0 Å². The molecule has 4 aromatic rings. The summed E-state index contributed by atoms with van der Waals surface area (Å²) in [5, 5.41) is 18.9. The van der Waals surface area contributed by atoms with Gasteiger partial charge in [0.15, 0.2) is 16.5 Å². The number of aromatic nitrogens is 5. The van der Waals surface area contributed by atoms with E-state index in [2.05, 4.69) is 44.3 Å². The summed E-state index contributed by atoms with van der Waals surface area (Å²) in [6, 6.07) is 10.4. The highest BCUT2D eigenvalue weighted by molar-refractivity contribution is 7.99. The first-order chi connectivity index (χ1) is 17.0. The molecule has 0 unspecified atom stereocenters. The minimum Gasteiger partial charge on any atom is -0.390 e. The first kappa shape index (κ1) is 22.7. The third kappa shape index (κ3) is 3.78. The van der Waals surface area contributed by atoms with Crippen LogP contribution in [0.2, 0.25) is 5.02 Å². The van der Waals surface area contributed by atoms with E-state index in [-0.39, 0.29) is 18.1 Å². The molecule has 1 aliphatic heterocycles. The van der Waals surface area contributed by atoms with E-state index in [1.165, 1.54) is 22.9 Å². The SMILES string of the molecule is Cc1nccc(Sc2n[nH]c3nc(N4CCC5(CC4)Cc4ccccc4[C@H]5N)c(CO)nc23)c1Cl. The second kappa shape index (κ2) is 8.74. The summed E-state index contributed by atoms with van der Waals surface area (Å²) >= 11 is 7.83. The quantitative estimate of drug-likeness (QED) is 0.376. The molecule has 3 aromatic heterocycles. The smallest absolute Gasteiger partial charge is 0.177 e. The molecular formula is C25H26ClN7OS. The number of anilines is 1. The largest absolute Gasteiger partial charge is 0.390 e. The van der Waals surface area contributed by atoms with Crippen LogP contribution in [0.5, 0.6) is 0 Å². The van der Waals surface area contributed by atoms with Gasteiger partial charge >= 0.3 is 0 Å². The average molecular weight is 508 g/mol. The van der Waals surface area contributed by atoms with E-state index in [1.54, 1.807) is 6.20 Å². The molecule has 1 atom stereocenters. The van der Waals surface area contributed by atoms with E-state index < -0.39 is 0 Å². The van der Waals surface area contributed by atoms with Gasteiger partial charge < -0.3 is 15.7 Å². The van der Waals surface area contributed by atoms with E-state index >= 15 is 0 Å². The van der Waals surface area contributed by atoms with Crippen LogP contribution in [0, 0.1) is 12.3 Å². The topological polar surface area (TPSA) is 117 Å². The summed E-state index contributed by atoms with van der Waals surface area (Å²) in [5.41, 5.74) is 12.0. The van der Waals surface area contributed by atoms with Gasteiger partial charge in [-0.15, -0.1) is 0 Å². The number of benzene rings is 1. The number of hydrogen-bond donors (Lipinski definition) is 3. The number of nitrogens with two attached hydrogens (primary N) is 1. The van der Waals surface area contributed by atoms with Crippen LogP contribution < -0.4 is 10.6 Å². The highest BCUT2D eigenvalue weighted by Crippen LogP contribution is 2.51. The Labute approximate surface area is 212 Å². The van der Waals surface area contributed by atoms with Gasteiger partial charge in [-0.05, 0) is 48.8 Å². The van der Waals surface area contributed by atoms with Gasteiger partial charge in [-0.1, -0.05) is 47.6 Å². The Bertz CT molecular complexity index is 1420. The molecule has 0 bridgehead atoms. The lowest BCUT2D eigenvalue weighted by molar-refractivity contribution is 0.187. The normalized spacial score (nSPS) is 19.0. The molecule has 6 rings (SSSR count). The minimum absolute atomic E-state index is 0.0579. The Balaban J connectivity index is 1.26. The number of aromatic amines is 1. The summed E-state index contributed by atoms with van der Waals surface area (Å²) in [5.74, 6) is 0.705. The van der Waals surface area contributed by atoms with Crippen molar-refractivity contribution < 1.29 is 5.11 Å². The average Bonchev–Trinajstić information content (AvgIpc) is 3.39. The number of nitrogens with one attached hydrogen (secondary N) is 1. The van der Waals surface area contributed by atoms with Crippen LogP contribution in [-0.2, 0) is 13.0 Å². The number of fused-ring (bicyclic) bond motifs is 2. The highest BCUT2D eigenvalue weighted by atomic mass is 35.5. The van der Waals surface area contributed by atoms with Crippen LogP contribution >= 0.6 is 23.4 Å². The number of rotatable bonds is 4. The summed E-state index contributed by atoms with van der Waals surface area (Å²) in [6.45, 7) is 3.30. The monoisotopic (exact) mass is 507 g/mol. The van der Waals surface area contributed by atoms with Gasteiger partial charge in [-0.3, -0.25) is 10.1 Å². The van der Waals surface area contributed by atoms with Gasteiger partial charge in [-0.2, -0.15) is 5.10 Å². The van der Waals surface area contributed by atoms with E-state index in [0.29, 0.717) is 32.7 Å². The zero-order chi connectivity index (χ0) is 24.2.